The van der Waals surface area contributed by atoms with Gasteiger partial charge in [-0.25, -0.2) is 31.6 Å². The number of hydrogen-bond donors (Lipinski definition) is 2. The van der Waals surface area contributed by atoms with Gasteiger partial charge in [0.05, 0.1) is 18.4 Å². The summed E-state index contributed by atoms with van der Waals surface area (Å²) in [5.41, 5.74) is 3.56. The van der Waals surface area contributed by atoms with Crippen molar-refractivity contribution in [3.63, 3.8) is 0 Å². The summed E-state index contributed by atoms with van der Waals surface area (Å²) in [6, 6.07) is 4.40. The minimum atomic E-state index is -2.76. The van der Waals surface area contributed by atoms with Crippen molar-refractivity contribution in [2.45, 2.75) is 28.5 Å². The number of primary amides is 1. The molecule has 17 heteroatoms. The van der Waals surface area contributed by atoms with E-state index in [0.29, 0.717) is 0 Å². The Morgan fingerprint density at radius 3 is 2.15 bits per heavy atom. The second-order valence-electron chi connectivity index (χ2n) is 11.2. The Balaban J connectivity index is 1.61. The molecule has 0 unspecified atom stereocenters. The first-order chi connectivity index (χ1) is 21.6. The minimum Gasteiger partial charge on any atom is -0.491 e. The van der Waals surface area contributed by atoms with Gasteiger partial charge in [0.15, 0.2) is 33.0 Å². The van der Waals surface area contributed by atoms with E-state index in [1.807, 2.05) is 0 Å². The summed E-state index contributed by atoms with van der Waals surface area (Å²) in [4.78, 5) is 61.4. The van der Waals surface area contributed by atoms with Crippen molar-refractivity contribution in [1.29, 1.82) is 0 Å². The number of amides is 6. The Labute approximate surface area is 265 Å². The minimum absolute atomic E-state index is 0.00761. The van der Waals surface area contributed by atoms with E-state index >= 15 is 8.78 Å². The fourth-order valence-corrected chi connectivity index (χ4v) is 8.06. The first-order valence-electron chi connectivity index (χ1n) is 13.6. The predicted molar refractivity (Wildman–Crippen MR) is 147 cm³/mol. The molecule has 0 bridgehead atoms. The van der Waals surface area contributed by atoms with Gasteiger partial charge in [0.2, 0.25) is 17.6 Å². The van der Waals surface area contributed by atoms with Crippen molar-refractivity contribution in [1.82, 2.24) is 4.90 Å². The molecule has 242 valence electrons. The molecular weight excluding hydrogens is 668 g/mol. The van der Waals surface area contributed by atoms with Crippen LogP contribution in [0.2, 0.25) is 0 Å². The number of urea groups is 1. The van der Waals surface area contributed by atoms with E-state index in [1.165, 1.54) is 30.3 Å². The van der Waals surface area contributed by atoms with Crippen LogP contribution >= 0.6 is 23.2 Å². The highest BCUT2D eigenvalue weighted by Gasteiger charge is 2.77. The van der Waals surface area contributed by atoms with Crippen molar-refractivity contribution in [2.24, 2.45) is 23.5 Å². The van der Waals surface area contributed by atoms with E-state index in [2.05, 4.69) is 0 Å². The fraction of sp³-hybridized carbons (Fsp3) is 0.345. The number of alkyl halides is 2. The van der Waals surface area contributed by atoms with Crippen LogP contribution in [0.3, 0.4) is 0 Å². The van der Waals surface area contributed by atoms with Gasteiger partial charge in [-0.2, -0.15) is 4.90 Å². The Morgan fingerprint density at radius 2 is 1.54 bits per heavy atom. The van der Waals surface area contributed by atoms with Crippen LogP contribution in [0.4, 0.5) is 32.4 Å². The lowest BCUT2D eigenvalue weighted by molar-refractivity contribution is -0.136. The molecule has 3 fully saturated rings. The summed E-state index contributed by atoms with van der Waals surface area (Å²) in [6.07, 6.45) is 0.532. The van der Waals surface area contributed by atoms with Crippen molar-refractivity contribution in [3.05, 3.63) is 70.6 Å². The summed E-state index contributed by atoms with van der Waals surface area (Å²) in [5.74, 6) is -23.1. The molecule has 0 aromatic heterocycles. The maximum absolute atomic E-state index is 15.1. The summed E-state index contributed by atoms with van der Waals surface area (Å²) in [6.45, 7) is -0.743. The van der Waals surface area contributed by atoms with Crippen molar-refractivity contribution in [2.75, 3.05) is 18.1 Å². The number of fused-ring (bicyclic) bond motifs is 4. The Hall–Kier alpha value is -4.08. The molecule has 2 aliphatic heterocycles. The number of ether oxygens (including phenoxy) is 1. The molecule has 6 amide bonds. The Bertz CT molecular complexity index is 1780. The largest absolute Gasteiger partial charge is 0.491 e. The monoisotopic (exact) mass is 687 g/mol. The molecule has 6 rings (SSSR count). The van der Waals surface area contributed by atoms with Crippen molar-refractivity contribution < 1.29 is 55.8 Å². The van der Waals surface area contributed by atoms with Gasteiger partial charge >= 0.3 is 6.03 Å². The van der Waals surface area contributed by atoms with Gasteiger partial charge in [0.1, 0.15) is 18.0 Å². The maximum atomic E-state index is 15.1. The molecule has 2 aromatic rings. The molecule has 10 nitrogen and oxygen atoms in total. The van der Waals surface area contributed by atoms with Crippen LogP contribution in [0, 0.1) is 46.8 Å². The number of aliphatic hydroxyl groups excluding tert-OH is 1. The van der Waals surface area contributed by atoms with Crippen LogP contribution in [0.1, 0.15) is 24.3 Å². The molecule has 0 spiro atoms. The molecule has 2 aliphatic carbocycles. The molecule has 6 atom stereocenters. The molecular formula is C29H20Cl2F5N3O7. The third kappa shape index (κ3) is 3.94. The molecule has 4 aliphatic rings. The zero-order chi connectivity index (χ0) is 33.6. The first kappa shape index (κ1) is 31.9. The Kier molecular flexibility index (Phi) is 7.44. The van der Waals surface area contributed by atoms with Gasteiger partial charge in [-0.3, -0.25) is 19.2 Å². The molecule has 1 saturated carbocycles. The number of benzene rings is 2. The molecule has 2 aromatic carbocycles. The van der Waals surface area contributed by atoms with Crippen LogP contribution in [0.15, 0.2) is 35.9 Å². The zero-order valence-electron chi connectivity index (χ0n) is 23.0. The lowest BCUT2D eigenvalue weighted by atomic mass is 9.56. The second kappa shape index (κ2) is 10.7. The zero-order valence-corrected chi connectivity index (χ0v) is 24.6. The maximum Gasteiger partial charge on any atom is 0.328 e. The second-order valence-corrected chi connectivity index (χ2v) is 12.4. The van der Waals surface area contributed by atoms with Gasteiger partial charge in [0, 0.05) is 11.5 Å². The number of rotatable bonds is 5. The van der Waals surface area contributed by atoms with Crippen LogP contribution in [0.25, 0.3) is 0 Å². The van der Waals surface area contributed by atoms with Crippen LogP contribution in [0.5, 0.6) is 5.75 Å². The number of halogens is 7. The number of nitrogens with zero attached hydrogens (tertiary/aromatic N) is 2. The third-order valence-corrected chi connectivity index (χ3v) is 10.4. The van der Waals surface area contributed by atoms with Gasteiger partial charge < -0.3 is 15.6 Å². The number of likely N-dealkylation sites (tertiary alicyclic amines) is 1. The number of hydrogen-bond acceptors (Lipinski definition) is 7. The summed E-state index contributed by atoms with van der Waals surface area (Å²) < 4.78 is 78.4. The Morgan fingerprint density at radius 1 is 0.935 bits per heavy atom. The number of carbonyl (C=O) groups is 5. The molecule has 3 N–H and O–H groups in total. The standard InChI is InChI=1S/C29H20Cl2F5N3O7/c30-28-9-13-10(5-6-12-15(13)24(42)39(23(12)41)27(37)45)16(11-3-1-2-4-14(11)46-8-7-40)29(28,31)26(44)38(25(28)43)22-20(35)18(33)17(32)19(34)21(22)36/h1-5,12-13,15-16,40H,6-9H2,(H2,37,45)/t12-,13+,15-,16+,28+,29-/m0/s1. The van der Waals surface area contributed by atoms with E-state index in [-0.39, 0.29) is 39.7 Å². The quantitative estimate of drug-likeness (QED) is 0.122. The van der Waals surface area contributed by atoms with Crippen LogP contribution in [-0.4, -0.2) is 62.6 Å². The highest BCUT2D eigenvalue weighted by molar-refractivity contribution is 6.58. The number of allylic oxidation sites excluding steroid dienone is 2. The number of aliphatic hydroxyl groups is 1. The molecule has 2 heterocycles. The number of carbonyl (C=O) groups excluding carboxylic acids is 5. The van der Waals surface area contributed by atoms with Crippen molar-refractivity contribution in [3.8, 4) is 5.75 Å². The summed E-state index contributed by atoms with van der Waals surface area (Å²) in [5, 5.41) is 9.38. The van der Waals surface area contributed by atoms with E-state index in [0.717, 1.165) is 0 Å². The number of nitrogens with two attached hydrogens (primary N) is 1. The number of anilines is 1. The lowest BCUT2D eigenvalue weighted by Gasteiger charge is -2.50. The molecule has 46 heavy (non-hydrogen) atoms. The van der Waals surface area contributed by atoms with E-state index in [1.54, 1.807) is 0 Å². The third-order valence-electron chi connectivity index (χ3n) is 9.02. The van der Waals surface area contributed by atoms with Crippen molar-refractivity contribution >= 4 is 58.5 Å². The highest BCUT2D eigenvalue weighted by Crippen LogP contribution is 2.66. The van der Waals surface area contributed by atoms with Gasteiger partial charge in [-0.1, -0.05) is 29.8 Å². The van der Waals surface area contributed by atoms with Gasteiger partial charge in [-0.15, -0.1) is 23.2 Å². The average Bonchev–Trinajstić information content (AvgIpc) is 3.37. The van der Waals surface area contributed by atoms with E-state index < -0.39 is 111 Å². The van der Waals surface area contributed by atoms with Crippen LogP contribution in [-0.2, 0) is 19.2 Å². The fourth-order valence-electron chi connectivity index (χ4n) is 7.14. The van der Waals surface area contributed by atoms with Gasteiger partial charge in [-0.05, 0) is 24.8 Å². The van der Waals surface area contributed by atoms with E-state index in [9.17, 15) is 42.3 Å². The SMILES string of the molecule is NC(=O)N1C(=O)[C@H]2[C@H](CC=C3[C@H]2C[C@@]2(Cl)C(=O)N(c4c(F)c(F)c(F)c(F)c4F)C(=O)[C@@]2(Cl)[C@H]3c2ccccc2OCCO)C1=O. The number of para-hydroxylation sites is 1. The lowest BCUT2D eigenvalue weighted by Crippen LogP contribution is -2.60. The predicted octanol–water partition coefficient (Wildman–Crippen LogP) is 3.40. The first-order valence-corrected chi connectivity index (χ1v) is 14.4. The summed E-state index contributed by atoms with van der Waals surface area (Å²) in [7, 11) is 0. The molecule has 0 radical (unpaired) electrons. The normalized spacial score (nSPS) is 30.3. The average molecular weight is 688 g/mol. The number of imide groups is 4. The topological polar surface area (TPSA) is 147 Å². The van der Waals surface area contributed by atoms with E-state index in [4.69, 9.17) is 33.7 Å². The smallest absolute Gasteiger partial charge is 0.328 e. The van der Waals surface area contributed by atoms with Crippen LogP contribution < -0.4 is 15.4 Å². The highest BCUT2D eigenvalue weighted by atomic mass is 35.5. The van der Waals surface area contributed by atoms with Gasteiger partial charge in [0.25, 0.3) is 11.8 Å². The molecule has 2 saturated heterocycles. The summed E-state index contributed by atoms with van der Waals surface area (Å²) >= 11 is 14.1.